The van der Waals surface area contributed by atoms with Gasteiger partial charge in [0.1, 0.15) is 0 Å². The predicted octanol–water partition coefficient (Wildman–Crippen LogP) is 4.01. The maximum Gasteiger partial charge on any atom is 0.0991 e. The molecule has 0 saturated carbocycles. The van der Waals surface area contributed by atoms with Gasteiger partial charge in [-0.05, 0) is 61.5 Å². The van der Waals surface area contributed by atoms with Crippen LogP contribution in [0.3, 0.4) is 0 Å². The molecule has 1 aliphatic rings. The number of benzene rings is 2. The van der Waals surface area contributed by atoms with Crippen molar-refractivity contribution in [2.24, 2.45) is 5.92 Å². The second kappa shape index (κ2) is 7.24. The van der Waals surface area contributed by atoms with E-state index in [1.54, 1.807) is 0 Å². The van der Waals surface area contributed by atoms with Gasteiger partial charge in [0.05, 0.1) is 11.6 Å². The number of hydrogen-bond acceptors (Lipinski definition) is 2. The Hall–Kier alpha value is -2.11. The number of piperidine rings is 1. The van der Waals surface area contributed by atoms with Gasteiger partial charge in [0.25, 0.3) is 0 Å². The predicted molar refractivity (Wildman–Crippen MR) is 89.3 cm³/mol. The fourth-order valence-corrected chi connectivity index (χ4v) is 3.24. The second-order valence-corrected chi connectivity index (χ2v) is 6.22. The molecule has 2 aromatic rings. The van der Waals surface area contributed by atoms with Crippen LogP contribution >= 0.6 is 0 Å². The Morgan fingerprint density at radius 2 is 1.59 bits per heavy atom. The molecule has 1 heterocycles. The average molecular weight is 290 g/mol. The zero-order valence-corrected chi connectivity index (χ0v) is 12.9. The third kappa shape index (κ3) is 3.96. The standard InChI is InChI=1S/C20H22N2/c21-15-19-8-6-17(7-9-19)14-18-10-12-22(13-11-18)16-20-4-2-1-3-5-20/h1-9,18H,10-14,16H2. The monoisotopic (exact) mass is 290 g/mol. The summed E-state index contributed by atoms with van der Waals surface area (Å²) in [6.45, 7) is 3.45. The van der Waals surface area contributed by atoms with Gasteiger partial charge in [-0.25, -0.2) is 0 Å². The number of nitriles is 1. The zero-order chi connectivity index (χ0) is 15.2. The molecule has 1 saturated heterocycles. The minimum atomic E-state index is 0.751. The van der Waals surface area contributed by atoms with Crippen molar-refractivity contribution in [2.45, 2.75) is 25.8 Å². The highest BCUT2D eigenvalue weighted by atomic mass is 15.1. The van der Waals surface area contributed by atoms with Crippen LogP contribution in [0.5, 0.6) is 0 Å². The van der Waals surface area contributed by atoms with Crippen LogP contribution < -0.4 is 0 Å². The lowest BCUT2D eigenvalue weighted by Gasteiger charge is -2.32. The van der Waals surface area contributed by atoms with Gasteiger partial charge in [0.2, 0.25) is 0 Å². The van der Waals surface area contributed by atoms with E-state index in [1.165, 1.54) is 37.1 Å². The fourth-order valence-electron chi connectivity index (χ4n) is 3.24. The molecule has 0 aliphatic carbocycles. The lowest BCUT2D eigenvalue weighted by Crippen LogP contribution is -2.33. The van der Waals surface area contributed by atoms with Crippen molar-refractivity contribution in [2.75, 3.05) is 13.1 Å². The van der Waals surface area contributed by atoms with Gasteiger partial charge in [-0.1, -0.05) is 42.5 Å². The van der Waals surface area contributed by atoms with E-state index in [4.69, 9.17) is 5.26 Å². The first-order valence-corrected chi connectivity index (χ1v) is 8.09. The molecule has 0 aromatic heterocycles. The van der Waals surface area contributed by atoms with Gasteiger partial charge in [-0.2, -0.15) is 5.26 Å². The van der Waals surface area contributed by atoms with Crippen molar-refractivity contribution in [3.8, 4) is 6.07 Å². The SMILES string of the molecule is N#Cc1ccc(CC2CCN(Cc3ccccc3)CC2)cc1. The molecule has 0 amide bonds. The maximum absolute atomic E-state index is 8.84. The van der Waals surface area contributed by atoms with E-state index < -0.39 is 0 Å². The molecule has 1 fully saturated rings. The van der Waals surface area contributed by atoms with Crippen molar-refractivity contribution in [1.82, 2.24) is 4.90 Å². The van der Waals surface area contributed by atoms with Gasteiger partial charge in [-0.3, -0.25) is 4.90 Å². The highest BCUT2D eigenvalue weighted by Crippen LogP contribution is 2.23. The van der Waals surface area contributed by atoms with E-state index >= 15 is 0 Å². The molecule has 0 atom stereocenters. The molecule has 0 spiro atoms. The Labute approximate surface area is 133 Å². The number of hydrogen-bond donors (Lipinski definition) is 0. The van der Waals surface area contributed by atoms with Gasteiger partial charge in [0, 0.05) is 6.54 Å². The van der Waals surface area contributed by atoms with Crippen LogP contribution in [0.15, 0.2) is 54.6 Å². The Bertz CT molecular complexity index is 617. The Kier molecular flexibility index (Phi) is 4.88. The van der Waals surface area contributed by atoms with E-state index in [-0.39, 0.29) is 0 Å². The number of likely N-dealkylation sites (tertiary alicyclic amines) is 1. The molecule has 22 heavy (non-hydrogen) atoms. The van der Waals surface area contributed by atoms with Gasteiger partial charge < -0.3 is 0 Å². The van der Waals surface area contributed by atoms with Crippen LogP contribution in [-0.4, -0.2) is 18.0 Å². The number of rotatable bonds is 4. The summed E-state index contributed by atoms with van der Waals surface area (Å²) in [7, 11) is 0. The molecule has 3 rings (SSSR count). The van der Waals surface area contributed by atoms with Crippen molar-refractivity contribution >= 4 is 0 Å². The Morgan fingerprint density at radius 3 is 2.23 bits per heavy atom. The molecule has 2 aromatic carbocycles. The van der Waals surface area contributed by atoms with Crippen molar-refractivity contribution in [3.63, 3.8) is 0 Å². The van der Waals surface area contributed by atoms with Crippen LogP contribution in [0.25, 0.3) is 0 Å². The zero-order valence-electron chi connectivity index (χ0n) is 12.9. The Morgan fingerprint density at radius 1 is 0.909 bits per heavy atom. The lowest BCUT2D eigenvalue weighted by atomic mass is 9.90. The first kappa shape index (κ1) is 14.8. The molecule has 2 nitrogen and oxygen atoms in total. The summed E-state index contributed by atoms with van der Waals surface area (Å²) in [5.41, 5.74) is 3.52. The number of nitrogens with zero attached hydrogens (tertiary/aromatic N) is 2. The maximum atomic E-state index is 8.84. The summed E-state index contributed by atoms with van der Waals surface area (Å²) in [5.74, 6) is 0.778. The molecule has 0 bridgehead atoms. The Balaban J connectivity index is 1.48. The van der Waals surface area contributed by atoms with E-state index in [0.29, 0.717) is 0 Å². The van der Waals surface area contributed by atoms with Crippen LogP contribution in [0, 0.1) is 17.2 Å². The van der Waals surface area contributed by atoms with Crippen LogP contribution in [0.1, 0.15) is 29.5 Å². The van der Waals surface area contributed by atoms with Crippen molar-refractivity contribution < 1.29 is 0 Å². The van der Waals surface area contributed by atoms with Crippen molar-refractivity contribution in [3.05, 3.63) is 71.3 Å². The molecule has 0 unspecified atom stereocenters. The molecule has 0 N–H and O–H groups in total. The quantitative estimate of drug-likeness (QED) is 0.850. The lowest BCUT2D eigenvalue weighted by molar-refractivity contribution is 0.177. The first-order valence-electron chi connectivity index (χ1n) is 8.09. The highest BCUT2D eigenvalue weighted by Gasteiger charge is 2.19. The smallest absolute Gasteiger partial charge is 0.0991 e. The fraction of sp³-hybridized carbons (Fsp3) is 0.350. The van der Waals surface area contributed by atoms with Crippen LogP contribution in [-0.2, 0) is 13.0 Å². The first-order chi connectivity index (χ1) is 10.8. The molecule has 2 heteroatoms. The van der Waals surface area contributed by atoms with E-state index in [0.717, 1.165) is 24.4 Å². The van der Waals surface area contributed by atoms with Crippen LogP contribution in [0.4, 0.5) is 0 Å². The topological polar surface area (TPSA) is 27.0 Å². The average Bonchev–Trinajstić information content (AvgIpc) is 2.58. The third-order valence-corrected chi connectivity index (χ3v) is 4.56. The van der Waals surface area contributed by atoms with Gasteiger partial charge in [-0.15, -0.1) is 0 Å². The molecule has 1 aliphatic heterocycles. The molecular weight excluding hydrogens is 268 g/mol. The summed E-state index contributed by atoms with van der Waals surface area (Å²) in [5, 5.41) is 8.84. The molecule has 112 valence electrons. The minimum Gasteiger partial charge on any atom is -0.299 e. The van der Waals surface area contributed by atoms with Crippen LogP contribution in [0.2, 0.25) is 0 Å². The summed E-state index contributed by atoms with van der Waals surface area (Å²) in [4.78, 5) is 2.56. The van der Waals surface area contributed by atoms with E-state index in [9.17, 15) is 0 Å². The minimum absolute atomic E-state index is 0.751. The van der Waals surface area contributed by atoms with Gasteiger partial charge in [0.15, 0.2) is 0 Å². The molecule has 0 radical (unpaired) electrons. The summed E-state index contributed by atoms with van der Waals surface area (Å²) in [6.07, 6.45) is 3.69. The third-order valence-electron chi connectivity index (χ3n) is 4.56. The summed E-state index contributed by atoms with van der Waals surface area (Å²) in [6, 6.07) is 21.0. The normalized spacial score (nSPS) is 16.3. The largest absolute Gasteiger partial charge is 0.299 e. The van der Waals surface area contributed by atoms with E-state index in [2.05, 4.69) is 53.4 Å². The van der Waals surface area contributed by atoms with Gasteiger partial charge >= 0.3 is 0 Å². The second-order valence-electron chi connectivity index (χ2n) is 6.22. The summed E-state index contributed by atoms with van der Waals surface area (Å²) >= 11 is 0. The molecular formula is C20H22N2. The highest BCUT2D eigenvalue weighted by molar-refractivity contribution is 5.31. The summed E-state index contributed by atoms with van der Waals surface area (Å²) < 4.78 is 0. The van der Waals surface area contributed by atoms with Crippen molar-refractivity contribution in [1.29, 1.82) is 5.26 Å². The van der Waals surface area contributed by atoms with E-state index in [1.807, 2.05) is 12.1 Å².